The van der Waals surface area contributed by atoms with Crippen LogP contribution in [0, 0.1) is 0 Å². The van der Waals surface area contributed by atoms with Crippen molar-refractivity contribution >= 4 is 0 Å². The summed E-state index contributed by atoms with van der Waals surface area (Å²) in [5, 5.41) is 0. The van der Waals surface area contributed by atoms with E-state index in [2.05, 4.69) is 40.0 Å². The molecule has 0 aliphatic rings. The molecule has 0 rings (SSSR count). The van der Waals surface area contributed by atoms with E-state index >= 15 is 0 Å². The van der Waals surface area contributed by atoms with Gasteiger partial charge in [0.05, 0.1) is 0 Å². The summed E-state index contributed by atoms with van der Waals surface area (Å²) >= 11 is 0. The molecule has 20 heavy (non-hydrogen) atoms. The van der Waals surface area contributed by atoms with Gasteiger partial charge in [-0.15, -0.1) is 0 Å². The standard InChI is InChI=1S/C9H16.C5H8.3C2H6/c1-5-8(4)9(6-2)7-3;1-3-5-4-2;3*1-2/h6H,4-5,7H2,1-3H3;3-5H,1H2,2H3;3*1-2H3/b9-6-;5-4-;;;. The highest BCUT2D eigenvalue weighted by Crippen LogP contribution is 2.13. The topological polar surface area (TPSA) is 0 Å². The Labute approximate surface area is 131 Å². The molecule has 0 N–H and O–H groups in total. The van der Waals surface area contributed by atoms with Gasteiger partial charge in [0.15, 0.2) is 0 Å². The maximum atomic E-state index is 3.95. The molecule has 0 atom stereocenters. The molecule has 0 aromatic carbocycles. The van der Waals surface area contributed by atoms with E-state index in [0.29, 0.717) is 0 Å². The SMILES string of the molecule is C=C(CC)/C(=C\C)CC.C=C/C=C\C.CC.CC.CC. The minimum atomic E-state index is 1.08. The minimum absolute atomic E-state index is 1.08. The van der Waals surface area contributed by atoms with Gasteiger partial charge in [0.2, 0.25) is 0 Å². The smallest absolute Gasteiger partial charge is 0.0308 e. The van der Waals surface area contributed by atoms with Crippen LogP contribution in [0.1, 0.15) is 82.1 Å². The third kappa shape index (κ3) is 36.0. The first-order valence-electron chi connectivity index (χ1n) is 8.24. The zero-order chi connectivity index (χ0) is 17.4. The first kappa shape index (κ1) is 31.4. The van der Waals surface area contributed by atoms with E-state index in [-0.39, 0.29) is 0 Å². The van der Waals surface area contributed by atoms with Crippen LogP contribution in [0.25, 0.3) is 0 Å². The molecule has 0 unspecified atom stereocenters. The largest absolute Gasteiger partial charge is 0.0991 e. The Morgan fingerprint density at radius 3 is 1.30 bits per heavy atom. The second-order valence-electron chi connectivity index (χ2n) is 2.89. The van der Waals surface area contributed by atoms with Crippen molar-refractivity contribution < 1.29 is 0 Å². The van der Waals surface area contributed by atoms with Gasteiger partial charge in [0, 0.05) is 0 Å². The molecule has 0 amide bonds. The fraction of sp³-hybridized carbons (Fsp3) is 0.600. The highest BCUT2D eigenvalue weighted by atomic mass is 14.0. The van der Waals surface area contributed by atoms with Crippen molar-refractivity contribution in [2.75, 3.05) is 0 Å². The lowest BCUT2D eigenvalue weighted by Gasteiger charge is -2.03. The van der Waals surface area contributed by atoms with Crippen LogP contribution in [-0.2, 0) is 0 Å². The van der Waals surface area contributed by atoms with Crippen molar-refractivity contribution in [3.8, 4) is 0 Å². The van der Waals surface area contributed by atoms with Gasteiger partial charge in [0.25, 0.3) is 0 Å². The van der Waals surface area contributed by atoms with E-state index in [0.717, 1.165) is 12.8 Å². The lowest BCUT2D eigenvalue weighted by Crippen LogP contribution is -1.82. The van der Waals surface area contributed by atoms with Crippen molar-refractivity contribution in [2.45, 2.75) is 82.1 Å². The Hall–Kier alpha value is -1.04. The summed E-state index contributed by atoms with van der Waals surface area (Å²) < 4.78 is 0. The summed E-state index contributed by atoms with van der Waals surface area (Å²) in [6.45, 7) is 27.7. The molecule has 0 spiro atoms. The molecule has 0 aliphatic heterocycles. The van der Waals surface area contributed by atoms with Crippen molar-refractivity contribution in [2.24, 2.45) is 0 Å². The summed E-state index contributed by atoms with van der Waals surface area (Å²) in [4.78, 5) is 0. The van der Waals surface area contributed by atoms with Crippen LogP contribution in [0.5, 0.6) is 0 Å². The minimum Gasteiger partial charge on any atom is -0.0991 e. The average Bonchev–Trinajstić information content (AvgIpc) is 2.55. The number of hydrogen-bond acceptors (Lipinski definition) is 0. The molecule has 122 valence electrons. The van der Waals surface area contributed by atoms with E-state index in [1.54, 1.807) is 6.08 Å². The first-order chi connectivity index (χ1) is 9.67. The van der Waals surface area contributed by atoms with Crippen molar-refractivity contribution in [1.82, 2.24) is 0 Å². The van der Waals surface area contributed by atoms with E-state index in [9.17, 15) is 0 Å². The monoisotopic (exact) mass is 282 g/mol. The maximum absolute atomic E-state index is 3.95. The molecular weight excluding hydrogens is 240 g/mol. The van der Waals surface area contributed by atoms with Crippen molar-refractivity contribution in [3.63, 3.8) is 0 Å². The summed E-state index contributed by atoms with van der Waals surface area (Å²) in [7, 11) is 0. The van der Waals surface area contributed by atoms with Gasteiger partial charge in [-0.25, -0.2) is 0 Å². The second-order valence-corrected chi connectivity index (χ2v) is 2.89. The number of rotatable bonds is 4. The lowest BCUT2D eigenvalue weighted by atomic mass is 10.0. The lowest BCUT2D eigenvalue weighted by molar-refractivity contribution is 1.03. The average molecular weight is 283 g/mol. The molecule has 0 fully saturated rings. The summed E-state index contributed by atoms with van der Waals surface area (Å²) in [5.41, 5.74) is 2.68. The van der Waals surface area contributed by atoms with Crippen molar-refractivity contribution in [3.05, 3.63) is 48.6 Å². The van der Waals surface area contributed by atoms with Crippen LogP contribution >= 0.6 is 0 Å². The Bertz CT molecular complexity index is 204. The molecule has 0 radical (unpaired) electrons. The Kier molecular flexibility index (Phi) is 67.5. The van der Waals surface area contributed by atoms with Gasteiger partial charge < -0.3 is 0 Å². The molecule has 0 saturated heterocycles. The van der Waals surface area contributed by atoms with Gasteiger partial charge in [-0.05, 0) is 32.3 Å². The molecule has 0 heterocycles. The van der Waals surface area contributed by atoms with Crippen LogP contribution in [0.15, 0.2) is 48.6 Å². The summed E-state index contributed by atoms with van der Waals surface area (Å²) in [5.74, 6) is 0. The van der Waals surface area contributed by atoms with Crippen LogP contribution < -0.4 is 0 Å². The first-order valence-corrected chi connectivity index (χ1v) is 8.24. The fourth-order valence-electron chi connectivity index (χ4n) is 1.02. The van der Waals surface area contributed by atoms with Crippen LogP contribution in [-0.4, -0.2) is 0 Å². The predicted octanol–water partition coefficient (Wildman–Crippen LogP) is 8.14. The molecule has 0 saturated carbocycles. The Balaban J connectivity index is -0.0000000580. The molecular formula is C20H42. The molecule has 0 bridgehead atoms. The van der Waals surface area contributed by atoms with Gasteiger partial charge in [-0.3, -0.25) is 0 Å². The van der Waals surface area contributed by atoms with E-state index in [4.69, 9.17) is 0 Å². The van der Waals surface area contributed by atoms with Crippen LogP contribution in [0.4, 0.5) is 0 Å². The van der Waals surface area contributed by atoms with Crippen LogP contribution in [0.2, 0.25) is 0 Å². The second kappa shape index (κ2) is 43.0. The normalized spacial score (nSPS) is 8.40. The highest BCUT2D eigenvalue weighted by Gasteiger charge is 1.93. The summed E-state index contributed by atoms with van der Waals surface area (Å²) in [6.07, 6.45) is 9.91. The summed E-state index contributed by atoms with van der Waals surface area (Å²) in [6, 6.07) is 0. The zero-order valence-corrected chi connectivity index (χ0v) is 16.1. The van der Waals surface area contributed by atoms with Gasteiger partial charge in [-0.2, -0.15) is 0 Å². The van der Waals surface area contributed by atoms with E-state index in [1.165, 1.54) is 11.1 Å². The maximum Gasteiger partial charge on any atom is -0.0308 e. The zero-order valence-electron chi connectivity index (χ0n) is 16.1. The molecule has 0 nitrogen and oxygen atoms in total. The Morgan fingerprint density at radius 2 is 1.25 bits per heavy atom. The quantitative estimate of drug-likeness (QED) is 0.456. The van der Waals surface area contributed by atoms with E-state index < -0.39 is 0 Å². The van der Waals surface area contributed by atoms with Gasteiger partial charge >= 0.3 is 0 Å². The molecule has 0 aromatic heterocycles. The fourth-order valence-corrected chi connectivity index (χ4v) is 1.02. The van der Waals surface area contributed by atoms with E-state index in [1.807, 2.05) is 60.6 Å². The third-order valence-corrected chi connectivity index (χ3v) is 1.94. The molecule has 0 aromatic rings. The van der Waals surface area contributed by atoms with Gasteiger partial charge in [0.1, 0.15) is 0 Å². The highest BCUT2D eigenvalue weighted by molar-refractivity contribution is 5.26. The number of hydrogen-bond donors (Lipinski definition) is 0. The molecule has 0 aliphatic carbocycles. The Morgan fingerprint density at radius 1 is 0.850 bits per heavy atom. The van der Waals surface area contributed by atoms with Crippen molar-refractivity contribution in [1.29, 1.82) is 0 Å². The predicted molar refractivity (Wildman–Crippen MR) is 103 cm³/mol. The van der Waals surface area contributed by atoms with Crippen LogP contribution in [0.3, 0.4) is 0 Å². The number of allylic oxidation sites excluding steroid dienone is 6. The van der Waals surface area contributed by atoms with Gasteiger partial charge in [-0.1, -0.05) is 98.4 Å². The third-order valence-electron chi connectivity index (χ3n) is 1.94. The molecule has 0 heteroatoms.